The van der Waals surface area contributed by atoms with Gasteiger partial charge in [-0.25, -0.2) is 0 Å². The molecule has 0 fully saturated rings. The highest BCUT2D eigenvalue weighted by molar-refractivity contribution is 5.89. The largest absolute Gasteiger partial charge is 0.395 e. The van der Waals surface area contributed by atoms with Crippen molar-refractivity contribution in [2.75, 3.05) is 31.6 Å². The number of nitrogens with zero attached hydrogens (tertiary/aromatic N) is 2. The van der Waals surface area contributed by atoms with Crippen LogP contribution in [0.15, 0.2) is 10.6 Å². The minimum Gasteiger partial charge on any atom is -0.395 e. The third kappa shape index (κ3) is 4.97. The second kappa shape index (κ2) is 7.03. The van der Waals surface area contributed by atoms with E-state index in [0.717, 1.165) is 6.54 Å². The second-order valence-corrected chi connectivity index (χ2v) is 3.78. The molecule has 1 aromatic heterocycles. The molecule has 0 aliphatic rings. The molecule has 96 valence electrons. The van der Waals surface area contributed by atoms with E-state index in [1.54, 1.807) is 13.0 Å². The van der Waals surface area contributed by atoms with Crippen molar-refractivity contribution < 1.29 is 14.4 Å². The zero-order chi connectivity index (χ0) is 12.7. The Hall–Kier alpha value is -1.40. The summed E-state index contributed by atoms with van der Waals surface area (Å²) >= 11 is 0. The average Bonchev–Trinajstić information content (AvgIpc) is 2.70. The lowest BCUT2D eigenvalue weighted by atomic mass is 10.3. The van der Waals surface area contributed by atoms with Crippen LogP contribution in [0, 0.1) is 6.92 Å². The predicted octanol–water partition coefficient (Wildman–Crippen LogP) is 0.626. The van der Waals surface area contributed by atoms with E-state index >= 15 is 0 Å². The average molecular weight is 241 g/mol. The van der Waals surface area contributed by atoms with Crippen molar-refractivity contribution in [3.8, 4) is 0 Å². The molecule has 1 rings (SSSR count). The summed E-state index contributed by atoms with van der Waals surface area (Å²) in [5.74, 6) is 1.00. The molecule has 0 unspecified atom stereocenters. The van der Waals surface area contributed by atoms with E-state index in [9.17, 15) is 4.79 Å². The van der Waals surface area contributed by atoms with Crippen molar-refractivity contribution in [1.29, 1.82) is 0 Å². The number of nitrogens with one attached hydrogen (secondary N) is 1. The fraction of sp³-hybridized carbons (Fsp3) is 0.636. The molecule has 0 saturated carbocycles. The summed E-state index contributed by atoms with van der Waals surface area (Å²) in [5.41, 5.74) is 0. The van der Waals surface area contributed by atoms with Gasteiger partial charge in [0.2, 0.25) is 5.91 Å². The van der Waals surface area contributed by atoms with Crippen LogP contribution in [-0.4, -0.2) is 47.3 Å². The lowest BCUT2D eigenvalue weighted by molar-refractivity contribution is -0.116. The Bertz CT molecular complexity index is 351. The van der Waals surface area contributed by atoms with Crippen molar-refractivity contribution >= 4 is 11.7 Å². The number of aryl methyl sites for hydroxylation is 1. The van der Waals surface area contributed by atoms with Gasteiger partial charge < -0.3 is 19.8 Å². The van der Waals surface area contributed by atoms with E-state index in [1.165, 1.54) is 0 Å². The van der Waals surface area contributed by atoms with Crippen molar-refractivity contribution in [3.05, 3.63) is 11.8 Å². The third-order valence-corrected chi connectivity index (χ3v) is 2.41. The van der Waals surface area contributed by atoms with Gasteiger partial charge in [0.25, 0.3) is 0 Å². The second-order valence-electron chi connectivity index (χ2n) is 3.78. The molecule has 0 atom stereocenters. The maximum atomic E-state index is 11.6. The van der Waals surface area contributed by atoms with Gasteiger partial charge in [0, 0.05) is 25.6 Å². The monoisotopic (exact) mass is 241 g/mol. The van der Waals surface area contributed by atoms with Gasteiger partial charge >= 0.3 is 0 Å². The molecular weight excluding hydrogens is 222 g/mol. The zero-order valence-corrected chi connectivity index (χ0v) is 10.3. The van der Waals surface area contributed by atoms with Crippen molar-refractivity contribution in [2.24, 2.45) is 0 Å². The number of likely N-dealkylation sites (N-methyl/N-ethyl adjacent to an activating group) is 1. The van der Waals surface area contributed by atoms with Gasteiger partial charge in [0.1, 0.15) is 5.76 Å². The van der Waals surface area contributed by atoms with Gasteiger partial charge in [-0.2, -0.15) is 0 Å². The molecule has 0 aliphatic heterocycles. The lowest BCUT2D eigenvalue weighted by Gasteiger charge is -2.18. The van der Waals surface area contributed by atoms with E-state index in [2.05, 4.69) is 10.5 Å². The SMILES string of the molecule is CCN(CCO)CCC(=O)Nc1cc(C)on1. The quantitative estimate of drug-likeness (QED) is 0.732. The fourth-order valence-corrected chi connectivity index (χ4v) is 1.46. The normalized spacial score (nSPS) is 10.8. The number of aliphatic hydroxyl groups excluding tert-OH is 1. The third-order valence-electron chi connectivity index (χ3n) is 2.41. The number of amides is 1. The Morgan fingerprint density at radius 2 is 2.35 bits per heavy atom. The summed E-state index contributed by atoms with van der Waals surface area (Å²) in [6, 6.07) is 1.67. The number of anilines is 1. The number of carbonyl (C=O) groups excluding carboxylic acids is 1. The van der Waals surface area contributed by atoms with E-state index in [0.29, 0.717) is 31.1 Å². The highest BCUT2D eigenvalue weighted by Crippen LogP contribution is 2.07. The van der Waals surface area contributed by atoms with E-state index < -0.39 is 0 Å². The minimum atomic E-state index is -0.102. The molecule has 17 heavy (non-hydrogen) atoms. The molecule has 0 radical (unpaired) electrons. The number of hydrogen-bond donors (Lipinski definition) is 2. The van der Waals surface area contributed by atoms with Crippen LogP contribution in [0.1, 0.15) is 19.1 Å². The van der Waals surface area contributed by atoms with Crippen LogP contribution in [0.3, 0.4) is 0 Å². The van der Waals surface area contributed by atoms with Gasteiger partial charge in [0.15, 0.2) is 5.82 Å². The lowest BCUT2D eigenvalue weighted by Crippen LogP contribution is -2.30. The van der Waals surface area contributed by atoms with Crippen LogP contribution in [0.25, 0.3) is 0 Å². The van der Waals surface area contributed by atoms with Crippen LogP contribution < -0.4 is 5.32 Å². The Morgan fingerprint density at radius 3 is 2.88 bits per heavy atom. The molecule has 2 N–H and O–H groups in total. The number of carbonyl (C=O) groups is 1. The number of hydrogen-bond acceptors (Lipinski definition) is 5. The van der Waals surface area contributed by atoms with Gasteiger partial charge in [-0.3, -0.25) is 4.79 Å². The predicted molar refractivity (Wildman–Crippen MR) is 63.7 cm³/mol. The molecule has 0 aromatic carbocycles. The molecule has 1 aromatic rings. The topological polar surface area (TPSA) is 78.6 Å². The van der Waals surface area contributed by atoms with Crippen LogP contribution in [-0.2, 0) is 4.79 Å². The van der Waals surface area contributed by atoms with E-state index in [1.807, 2.05) is 11.8 Å². The number of aliphatic hydroxyl groups is 1. The molecule has 0 saturated heterocycles. The molecule has 0 aliphatic carbocycles. The van der Waals surface area contributed by atoms with Gasteiger partial charge in [-0.1, -0.05) is 12.1 Å². The maximum absolute atomic E-state index is 11.6. The van der Waals surface area contributed by atoms with E-state index in [4.69, 9.17) is 9.63 Å². The number of aromatic nitrogens is 1. The Kier molecular flexibility index (Phi) is 5.65. The fourth-order valence-electron chi connectivity index (χ4n) is 1.46. The Labute approximate surface area is 101 Å². The zero-order valence-electron chi connectivity index (χ0n) is 10.3. The highest BCUT2D eigenvalue weighted by Gasteiger charge is 2.08. The van der Waals surface area contributed by atoms with Crippen LogP contribution in [0.4, 0.5) is 5.82 Å². The Morgan fingerprint density at radius 1 is 1.59 bits per heavy atom. The first-order chi connectivity index (χ1) is 8.15. The highest BCUT2D eigenvalue weighted by atomic mass is 16.5. The summed E-state index contributed by atoms with van der Waals surface area (Å²) in [5, 5.41) is 15.1. The molecule has 6 nitrogen and oxygen atoms in total. The van der Waals surface area contributed by atoms with Crippen LogP contribution >= 0.6 is 0 Å². The maximum Gasteiger partial charge on any atom is 0.226 e. The van der Waals surface area contributed by atoms with Crippen LogP contribution in [0.2, 0.25) is 0 Å². The van der Waals surface area contributed by atoms with Crippen molar-refractivity contribution in [2.45, 2.75) is 20.3 Å². The first kappa shape index (κ1) is 13.7. The molecular formula is C11H19N3O3. The summed E-state index contributed by atoms with van der Waals surface area (Å²) in [6.45, 7) is 5.90. The first-order valence-electron chi connectivity index (χ1n) is 5.72. The van der Waals surface area contributed by atoms with E-state index in [-0.39, 0.29) is 12.5 Å². The summed E-state index contributed by atoms with van der Waals surface area (Å²) in [4.78, 5) is 13.6. The number of rotatable bonds is 7. The molecule has 6 heteroatoms. The van der Waals surface area contributed by atoms with Gasteiger partial charge in [-0.05, 0) is 13.5 Å². The molecule has 0 spiro atoms. The summed E-state index contributed by atoms with van der Waals surface area (Å²) in [7, 11) is 0. The van der Waals surface area contributed by atoms with Gasteiger partial charge in [-0.15, -0.1) is 0 Å². The standard InChI is InChI=1S/C11H19N3O3/c1-3-14(6-7-15)5-4-11(16)12-10-8-9(2)17-13-10/h8,15H,3-7H2,1-2H3,(H,12,13,16). The van der Waals surface area contributed by atoms with Crippen LogP contribution in [0.5, 0.6) is 0 Å². The van der Waals surface area contributed by atoms with Crippen molar-refractivity contribution in [1.82, 2.24) is 10.1 Å². The minimum absolute atomic E-state index is 0.102. The molecule has 1 heterocycles. The summed E-state index contributed by atoms with van der Waals surface area (Å²) < 4.78 is 4.84. The first-order valence-corrected chi connectivity index (χ1v) is 5.72. The molecule has 1 amide bonds. The van der Waals surface area contributed by atoms with Crippen molar-refractivity contribution in [3.63, 3.8) is 0 Å². The molecule has 0 bridgehead atoms. The smallest absolute Gasteiger partial charge is 0.226 e. The Balaban J connectivity index is 2.29. The summed E-state index contributed by atoms with van der Waals surface area (Å²) in [6.07, 6.45) is 0.375. The van der Waals surface area contributed by atoms with Gasteiger partial charge in [0.05, 0.1) is 6.61 Å².